The van der Waals surface area contributed by atoms with E-state index in [1.807, 2.05) is 0 Å². The van der Waals surface area contributed by atoms with Gasteiger partial charge in [0.1, 0.15) is 17.0 Å². The molecule has 1 spiro atoms. The molecule has 0 saturated heterocycles. The van der Waals surface area contributed by atoms with Crippen molar-refractivity contribution in [2.24, 2.45) is 0 Å². The lowest BCUT2D eigenvalue weighted by atomic mass is 10.1. The summed E-state index contributed by atoms with van der Waals surface area (Å²) in [6.07, 6.45) is 5.16. The molecule has 24 heavy (non-hydrogen) atoms. The molecule has 4 rings (SSSR count). The molecule has 2 aliphatic rings. The van der Waals surface area contributed by atoms with Crippen molar-refractivity contribution in [3.63, 3.8) is 0 Å². The number of pyridine rings is 1. The molecule has 1 aliphatic heterocycles. The quantitative estimate of drug-likeness (QED) is 0.808. The Morgan fingerprint density at radius 1 is 1.33 bits per heavy atom. The Bertz CT molecular complexity index is 813. The van der Waals surface area contributed by atoms with Gasteiger partial charge < -0.3 is 9.47 Å². The number of nitrogens with zero attached hydrogens (tertiary/aromatic N) is 2. The van der Waals surface area contributed by atoms with Crippen molar-refractivity contribution in [3.05, 3.63) is 46.2 Å². The van der Waals surface area contributed by atoms with Crippen LogP contribution in [0.15, 0.2) is 30.6 Å². The first-order valence-electron chi connectivity index (χ1n) is 7.51. The summed E-state index contributed by atoms with van der Waals surface area (Å²) in [7, 11) is 1.48. The number of benzene rings is 1. The van der Waals surface area contributed by atoms with E-state index < -0.39 is 0 Å². The molecule has 0 atom stereocenters. The van der Waals surface area contributed by atoms with Crippen LogP contribution in [-0.2, 0) is 0 Å². The topological polar surface area (TPSA) is 51.7 Å². The van der Waals surface area contributed by atoms with E-state index in [2.05, 4.69) is 4.98 Å². The van der Waals surface area contributed by atoms with Gasteiger partial charge in [0.25, 0.3) is 5.91 Å². The van der Waals surface area contributed by atoms with Crippen LogP contribution < -0.4 is 14.4 Å². The highest BCUT2D eigenvalue weighted by Crippen LogP contribution is 2.48. The van der Waals surface area contributed by atoms with Gasteiger partial charge in [-0.15, -0.1) is 0 Å². The fraction of sp³-hybridized carbons (Fsp3) is 0.294. The number of anilines is 1. The zero-order valence-electron chi connectivity index (χ0n) is 12.9. The first-order valence-corrected chi connectivity index (χ1v) is 8.26. The molecule has 0 N–H and O–H groups in total. The lowest BCUT2D eigenvalue weighted by Gasteiger charge is -2.35. The second kappa shape index (κ2) is 5.53. The highest BCUT2D eigenvalue weighted by molar-refractivity contribution is 6.37. The summed E-state index contributed by atoms with van der Waals surface area (Å²) in [5, 5.41) is 0.600. The normalized spacial score (nSPS) is 17.2. The number of carbonyl (C=O) groups excluding carboxylic acids is 1. The van der Waals surface area contributed by atoms with Crippen LogP contribution >= 0.6 is 23.2 Å². The Hall–Kier alpha value is -1.98. The van der Waals surface area contributed by atoms with Crippen molar-refractivity contribution in [2.75, 3.05) is 18.6 Å². The van der Waals surface area contributed by atoms with Gasteiger partial charge in [-0.2, -0.15) is 0 Å². The molecule has 1 aromatic carbocycles. The van der Waals surface area contributed by atoms with Crippen LogP contribution in [0.5, 0.6) is 11.5 Å². The highest BCUT2D eigenvalue weighted by atomic mass is 35.5. The minimum Gasteiger partial charge on any atom is -0.494 e. The van der Waals surface area contributed by atoms with Crippen LogP contribution in [0.25, 0.3) is 0 Å². The molecule has 0 bridgehead atoms. The maximum atomic E-state index is 13.1. The Balaban J connectivity index is 1.75. The average molecular weight is 365 g/mol. The second-order valence-corrected chi connectivity index (χ2v) is 6.81. The van der Waals surface area contributed by atoms with E-state index in [4.69, 9.17) is 32.7 Å². The molecule has 1 amide bonds. The van der Waals surface area contributed by atoms with Gasteiger partial charge in [0, 0.05) is 17.8 Å². The number of ether oxygens (including phenoxy) is 2. The second-order valence-electron chi connectivity index (χ2n) is 5.99. The van der Waals surface area contributed by atoms with Crippen molar-refractivity contribution >= 4 is 34.8 Å². The molecular formula is C17H14Cl2N2O3. The number of fused-ring (bicyclic) bond motifs is 1. The fourth-order valence-corrected chi connectivity index (χ4v) is 3.56. The van der Waals surface area contributed by atoms with Gasteiger partial charge in [0.2, 0.25) is 0 Å². The highest BCUT2D eigenvalue weighted by Gasteiger charge is 2.51. The van der Waals surface area contributed by atoms with Crippen molar-refractivity contribution in [1.29, 1.82) is 0 Å². The van der Waals surface area contributed by atoms with Crippen LogP contribution in [0.2, 0.25) is 10.0 Å². The molecular weight excluding hydrogens is 351 g/mol. The summed E-state index contributed by atoms with van der Waals surface area (Å²) >= 11 is 12.3. The van der Waals surface area contributed by atoms with Crippen molar-refractivity contribution in [1.82, 2.24) is 4.98 Å². The summed E-state index contributed by atoms with van der Waals surface area (Å²) in [5.41, 5.74) is 0.783. The largest absolute Gasteiger partial charge is 0.494 e. The van der Waals surface area contributed by atoms with Gasteiger partial charge in [-0.1, -0.05) is 23.2 Å². The smallest absolute Gasteiger partial charge is 0.258 e. The number of amides is 1. The average Bonchev–Trinajstić information content (AvgIpc) is 3.31. The monoisotopic (exact) mass is 364 g/mol. The van der Waals surface area contributed by atoms with E-state index in [1.165, 1.54) is 7.11 Å². The number of hydrogen-bond donors (Lipinski definition) is 0. The minimum absolute atomic E-state index is 0.190. The zero-order chi connectivity index (χ0) is 16.9. The molecule has 1 fully saturated rings. The lowest BCUT2D eigenvalue weighted by molar-refractivity contribution is 0.0943. The lowest BCUT2D eigenvalue weighted by Crippen LogP contribution is -2.45. The van der Waals surface area contributed by atoms with Crippen LogP contribution in [0.4, 0.5) is 5.69 Å². The summed E-state index contributed by atoms with van der Waals surface area (Å²) in [6, 6.07) is 4.92. The molecule has 0 radical (unpaired) electrons. The Morgan fingerprint density at radius 2 is 2.04 bits per heavy atom. The molecule has 124 valence electrons. The summed E-state index contributed by atoms with van der Waals surface area (Å²) in [4.78, 5) is 18.9. The first-order chi connectivity index (χ1) is 11.5. The zero-order valence-corrected chi connectivity index (χ0v) is 14.4. The molecule has 2 heterocycles. The van der Waals surface area contributed by atoms with Gasteiger partial charge in [-0.05, 0) is 25.0 Å². The summed E-state index contributed by atoms with van der Waals surface area (Å²) in [5.74, 6) is 0.843. The van der Waals surface area contributed by atoms with E-state index in [0.29, 0.717) is 39.3 Å². The minimum atomic E-state index is -0.274. The number of hydrogen-bond acceptors (Lipinski definition) is 4. The third-order valence-electron chi connectivity index (χ3n) is 4.33. The van der Waals surface area contributed by atoms with Crippen molar-refractivity contribution in [3.8, 4) is 11.5 Å². The molecule has 1 aliphatic carbocycles. The number of rotatable bonds is 2. The molecule has 1 saturated carbocycles. The van der Waals surface area contributed by atoms with Gasteiger partial charge >= 0.3 is 0 Å². The maximum absolute atomic E-state index is 13.1. The third-order valence-corrected chi connectivity index (χ3v) is 4.89. The van der Waals surface area contributed by atoms with Crippen LogP contribution in [0.3, 0.4) is 0 Å². The van der Waals surface area contributed by atoms with E-state index in [-0.39, 0.29) is 11.5 Å². The molecule has 1 aromatic heterocycles. The van der Waals surface area contributed by atoms with Crippen LogP contribution in [0, 0.1) is 0 Å². The van der Waals surface area contributed by atoms with Gasteiger partial charge in [0.15, 0.2) is 5.75 Å². The molecule has 0 unspecified atom stereocenters. The van der Waals surface area contributed by atoms with Gasteiger partial charge in [0.05, 0.1) is 29.9 Å². The predicted molar refractivity (Wildman–Crippen MR) is 91.5 cm³/mol. The number of methoxy groups -OCH3 is 1. The number of halogens is 2. The fourth-order valence-electron chi connectivity index (χ4n) is 2.92. The number of carbonyl (C=O) groups is 1. The van der Waals surface area contributed by atoms with E-state index in [1.54, 1.807) is 35.5 Å². The van der Waals surface area contributed by atoms with E-state index >= 15 is 0 Å². The summed E-state index contributed by atoms with van der Waals surface area (Å²) < 4.78 is 11.2. The third kappa shape index (κ3) is 2.48. The van der Waals surface area contributed by atoms with Gasteiger partial charge in [-0.3, -0.25) is 14.7 Å². The number of aromatic nitrogens is 1. The van der Waals surface area contributed by atoms with Crippen LogP contribution in [-0.4, -0.2) is 30.1 Å². The first kappa shape index (κ1) is 15.5. The molecule has 2 aromatic rings. The SMILES string of the molecule is COc1c(Cl)cc(C(=O)N2CC3(CC3)Oc3ccncc32)cc1Cl. The Labute approximate surface area is 149 Å². The van der Waals surface area contributed by atoms with Gasteiger partial charge in [-0.25, -0.2) is 0 Å². The standard InChI is InChI=1S/C17H14Cl2N2O3/c1-23-15-11(18)6-10(7-12(15)19)16(22)21-9-17(3-4-17)24-14-2-5-20-8-13(14)21/h2,5-8H,3-4,9H2,1H3. The van der Waals surface area contributed by atoms with E-state index in [9.17, 15) is 4.79 Å². The predicted octanol–water partition coefficient (Wildman–Crippen LogP) is 3.97. The molecule has 5 nitrogen and oxygen atoms in total. The summed E-state index contributed by atoms with van der Waals surface area (Å²) in [6.45, 7) is 0.492. The maximum Gasteiger partial charge on any atom is 0.258 e. The van der Waals surface area contributed by atoms with Crippen molar-refractivity contribution < 1.29 is 14.3 Å². The molecule has 7 heteroatoms. The Morgan fingerprint density at radius 3 is 2.67 bits per heavy atom. The van der Waals surface area contributed by atoms with E-state index in [0.717, 1.165) is 12.8 Å². The van der Waals surface area contributed by atoms with Crippen LogP contribution in [0.1, 0.15) is 23.2 Å². The van der Waals surface area contributed by atoms with Crippen molar-refractivity contribution in [2.45, 2.75) is 18.4 Å². The Kier molecular flexibility index (Phi) is 3.58.